The van der Waals surface area contributed by atoms with Crippen molar-refractivity contribution >= 4 is 36.4 Å². The molecule has 15 heavy (non-hydrogen) atoms. The van der Waals surface area contributed by atoms with Crippen molar-refractivity contribution in [3.63, 3.8) is 0 Å². The van der Waals surface area contributed by atoms with Gasteiger partial charge in [0, 0.05) is 0 Å². The average molecular weight is 266 g/mol. The van der Waals surface area contributed by atoms with Crippen LogP contribution in [-0.4, -0.2) is 26.1 Å². The van der Waals surface area contributed by atoms with Gasteiger partial charge in [-0.1, -0.05) is 0 Å². The molecule has 0 aliphatic rings. The quantitative estimate of drug-likeness (QED) is 0.721. The van der Waals surface area contributed by atoms with Crippen LogP contribution in [0.2, 0.25) is 0 Å². The zero-order valence-electron chi connectivity index (χ0n) is 7.81. The Morgan fingerprint density at radius 1 is 1.33 bits per heavy atom. The molecule has 0 bridgehead atoms. The van der Waals surface area contributed by atoms with Crippen LogP contribution < -0.4 is 14.9 Å². The Morgan fingerprint density at radius 3 is 2.73 bits per heavy atom. The number of pyridine rings is 1. The molecule has 1 aromatic heterocycles. The Hall–Kier alpha value is -1.42. The van der Waals surface area contributed by atoms with Crippen LogP contribution in [0, 0.1) is 0 Å². The Morgan fingerprint density at radius 2 is 2.07 bits per heavy atom. The Kier molecular flexibility index (Phi) is 2.68. The number of hydrogen-bond donors (Lipinski definition) is 2. The number of carbonyl (C=O) groups is 1. The van der Waals surface area contributed by atoms with Gasteiger partial charge in [0.15, 0.2) is 0 Å². The summed E-state index contributed by atoms with van der Waals surface area (Å²) in [6, 6.07) is 9.44. The van der Waals surface area contributed by atoms with Crippen LogP contribution in [0.15, 0.2) is 30.3 Å². The molecule has 0 radical (unpaired) electrons. The summed E-state index contributed by atoms with van der Waals surface area (Å²) in [6.45, 7) is 0. The molecule has 0 saturated carbocycles. The van der Waals surface area contributed by atoms with Gasteiger partial charge in [-0.15, -0.1) is 0 Å². The second-order valence-electron chi connectivity index (χ2n) is 3.01. The van der Waals surface area contributed by atoms with Crippen LogP contribution in [0.25, 0.3) is 10.9 Å². The van der Waals surface area contributed by atoms with Gasteiger partial charge in [-0.05, 0) is 0 Å². The molecule has 4 nitrogen and oxygen atoms in total. The van der Waals surface area contributed by atoms with Gasteiger partial charge >= 0.3 is 92.7 Å². The van der Waals surface area contributed by atoms with Crippen molar-refractivity contribution in [3.05, 3.63) is 36.0 Å². The van der Waals surface area contributed by atoms with Crippen LogP contribution >= 0.6 is 0 Å². The summed E-state index contributed by atoms with van der Waals surface area (Å²) in [5.41, 5.74) is 6.29. The third-order valence-corrected chi connectivity index (χ3v) is 3.24. The van der Waals surface area contributed by atoms with E-state index in [1.165, 1.54) is 0 Å². The molecule has 1 aromatic carbocycles. The first-order valence-electron chi connectivity index (χ1n) is 4.28. The van der Waals surface area contributed by atoms with E-state index < -0.39 is 5.91 Å². The summed E-state index contributed by atoms with van der Waals surface area (Å²) in [6.07, 6.45) is 0. The zero-order chi connectivity index (χ0) is 10.8. The van der Waals surface area contributed by atoms with Crippen LogP contribution in [0.4, 0.5) is 0 Å². The van der Waals surface area contributed by atoms with Gasteiger partial charge in [0.05, 0.1) is 0 Å². The van der Waals surface area contributed by atoms with Crippen molar-refractivity contribution in [2.24, 2.45) is 10.5 Å². The second kappa shape index (κ2) is 3.98. The number of aromatic nitrogens is 1. The summed E-state index contributed by atoms with van der Waals surface area (Å²) in [7, 11) is 0. The number of amides is 1. The van der Waals surface area contributed by atoms with Gasteiger partial charge in [-0.25, -0.2) is 0 Å². The molecule has 0 unspecified atom stereocenters. The number of nitrogens with two attached hydrogens (primary N) is 2. The fourth-order valence-corrected chi connectivity index (χ4v) is 2.31. The molecule has 0 atom stereocenters. The van der Waals surface area contributed by atoms with Crippen molar-refractivity contribution in [3.8, 4) is 0 Å². The maximum atomic E-state index is 11.1. The summed E-state index contributed by atoms with van der Waals surface area (Å²) in [4.78, 5) is 15.3. The molecular formula is C10H9N3OSe. The summed E-state index contributed by atoms with van der Waals surface area (Å²) in [5, 5.41) is 0.977. The summed E-state index contributed by atoms with van der Waals surface area (Å²) in [5.74, 6) is -0.525. The first kappa shape index (κ1) is 10.1. The average Bonchev–Trinajstić information content (AvgIpc) is 2.27. The zero-order valence-corrected chi connectivity index (χ0v) is 9.52. The number of fused-ring (bicyclic) bond motifs is 1. The van der Waals surface area contributed by atoms with Crippen molar-refractivity contribution in [1.29, 1.82) is 0 Å². The molecule has 4 N–H and O–H groups in total. The number of rotatable bonds is 2. The van der Waals surface area contributed by atoms with E-state index in [9.17, 15) is 4.79 Å². The number of para-hydroxylation sites is 1. The van der Waals surface area contributed by atoms with Gasteiger partial charge in [-0.2, -0.15) is 0 Å². The molecule has 0 aliphatic heterocycles. The van der Waals surface area contributed by atoms with E-state index in [0.29, 0.717) is 0 Å². The monoisotopic (exact) mass is 267 g/mol. The molecule has 2 rings (SSSR count). The molecule has 0 fully saturated rings. The predicted octanol–water partition coefficient (Wildman–Crippen LogP) is -0.463. The van der Waals surface area contributed by atoms with Gasteiger partial charge < -0.3 is 0 Å². The fraction of sp³-hybridized carbons (Fsp3) is 0. The van der Waals surface area contributed by atoms with Gasteiger partial charge in [0.25, 0.3) is 0 Å². The minimum absolute atomic E-state index is 0.276. The minimum atomic E-state index is -0.525. The third kappa shape index (κ3) is 1.85. The Balaban J connectivity index is 2.74. The molecule has 5 heteroatoms. The van der Waals surface area contributed by atoms with Crippen LogP contribution in [0.3, 0.4) is 0 Å². The normalized spacial score (nSPS) is 10.5. The number of nitrogens with zero attached hydrogens (tertiary/aromatic N) is 1. The summed E-state index contributed by atoms with van der Waals surface area (Å²) >= 11 is -0.276. The maximum absolute atomic E-state index is 11.1. The SMILES string of the molecule is N[Se]c1cc2ccccc2nc1C(N)=O. The molecular weight excluding hydrogens is 257 g/mol. The molecule has 2 aromatic rings. The van der Waals surface area contributed by atoms with E-state index in [-0.39, 0.29) is 20.9 Å². The molecule has 0 saturated heterocycles. The van der Waals surface area contributed by atoms with Crippen LogP contribution in [-0.2, 0) is 0 Å². The van der Waals surface area contributed by atoms with Gasteiger partial charge in [0.1, 0.15) is 0 Å². The number of benzene rings is 1. The first-order chi connectivity index (χ1) is 7.22. The van der Waals surface area contributed by atoms with E-state index in [0.717, 1.165) is 15.4 Å². The fourth-order valence-electron chi connectivity index (χ4n) is 1.36. The van der Waals surface area contributed by atoms with Crippen molar-refractivity contribution < 1.29 is 4.79 Å². The summed E-state index contributed by atoms with van der Waals surface area (Å²) < 4.78 is 6.34. The second-order valence-corrected chi connectivity index (χ2v) is 4.43. The van der Waals surface area contributed by atoms with Gasteiger partial charge in [-0.3, -0.25) is 0 Å². The molecule has 0 aliphatic carbocycles. The topological polar surface area (TPSA) is 82.0 Å². The molecule has 1 heterocycles. The number of hydrogen-bond acceptors (Lipinski definition) is 3. The molecule has 1 amide bonds. The van der Waals surface area contributed by atoms with E-state index >= 15 is 0 Å². The molecule has 0 spiro atoms. The van der Waals surface area contributed by atoms with Crippen LogP contribution in [0.1, 0.15) is 10.5 Å². The van der Waals surface area contributed by atoms with Crippen LogP contribution in [0.5, 0.6) is 0 Å². The van der Waals surface area contributed by atoms with E-state index in [4.69, 9.17) is 10.5 Å². The van der Waals surface area contributed by atoms with E-state index in [1.54, 1.807) is 0 Å². The Bertz CT molecular complexity index is 527. The van der Waals surface area contributed by atoms with E-state index in [2.05, 4.69) is 4.98 Å². The number of primary amides is 1. The van der Waals surface area contributed by atoms with E-state index in [1.807, 2.05) is 30.3 Å². The Labute approximate surface area is 93.0 Å². The van der Waals surface area contributed by atoms with Crippen molar-refractivity contribution in [1.82, 2.24) is 4.98 Å². The predicted molar refractivity (Wildman–Crippen MR) is 59.8 cm³/mol. The first-order valence-corrected chi connectivity index (χ1v) is 6.13. The standard InChI is InChI=1S/C10H9N3OSe/c11-10(14)9-8(15-12)5-6-3-1-2-4-7(6)13-9/h1-5H,12H2,(H2,11,14). The van der Waals surface area contributed by atoms with Crippen molar-refractivity contribution in [2.45, 2.75) is 0 Å². The number of carbonyl (C=O) groups excluding carboxylic acids is 1. The van der Waals surface area contributed by atoms with Gasteiger partial charge in [0.2, 0.25) is 0 Å². The molecule has 76 valence electrons. The van der Waals surface area contributed by atoms with Crippen molar-refractivity contribution in [2.75, 3.05) is 0 Å². The third-order valence-electron chi connectivity index (χ3n) is 2.05.